The molecule has 5 heteroatoms. The maximum absolute atomic E-state index is 12.1. The highest BCUT2D eigenvalue weighted by Crippen LogP contribution is 2.42. The van der Waals surface area contributed by atoms with Gasteiger partial charge >= 0.3 is 5.97 Å². The molecule has 1 atom stereocenters. The molecule has 1 saturated heterocycles. The fourth-order valence-corrected chi connectivity index (χ4v) is 5.94. The molecule has 0 aliphatic carbocycles. The quantitative estimate of drug-likeness (QED) is 0.350. The molecule has 202 valence electrons. The SMILES string of the molecule is COC(=O)Cc1ccc(C(O)CCCN2CCC(C(O)(c3ccccc3)c3ccccc3)CC2)c(C)c1C. The fraction of sp³-hybridized carbons (Fsp3) is 0.424. The van der Waals surface area contributed by atoms with Crippen molar-refractivity contribution >= 4 is 5.97 Å². The van der Waals surface area contributed by atoms with Gasteiger partial charge in [-0.1, -0.05) is 72.8 Å². The van der Waals surface area contributed by atoms with Crippen molar-refractivity contribution in [3.05, 3.63) is 106 Å². The first kappa shape index (κ1) is 28.0. The molecule has 3 aromatic rings. The molecular weight excluding hydrogens is 474 g/mol. The van der Waals surface area contributed by atoms with Gasteiger partial charge in [-0.3, -0.25) is 4.79 Å². The number of hydrogen-bond donors (Lipinski definition) is 2. The van der Waals surface area contributed by atoms with Gasteiger partial charge in [0.2, 0.25) is 0 Å². The minimum atomic E-state index is -1.000. The van der Waals surface area contributed by atoms with Crippen molar-refractivity contribution in [2.45, 2.75) is 57.7 Å². The van der Waals surface area contributed by atoms with Crippen molar-refractivity contribution in [2.75, 3.05) is 26.7 Å². The Labute approximate surface area is 227 Å². The Hall–Kier alpha value is -2.99. The number of methoxy groups -OCH3 is 1. The summed E-state index contributed by atoms with van der Waals surface area (Å²) in [5.41, 5.74) is 4.87. The number of carbonyl (C=O) groups excluding carboxylic acids is 1. The van der Waals surface area contributed by atoms with Crippen molar-refractivity contribution in [3.63, 3.8) is 0 Å². The zero-order valence-corrected chi connectivity index (χ0v) is 22.9. The highest BCUT2D eigenvalue weighted by molar-refractivity contribution is 5.73. The fourth-order valence-electron chi connectivity index (χ4n) is 5.94. The molecule has 1 heterocycles. The first-order valence-corrected chi connectivity index (χ1v) is 13.7. The van der Waals surface area contributed by atoms with Crippen LogP contribution in [0.25, 0.3) is 0 Å². The van der Waals surface area contributed by atoms with Crippen LogP contribution in [0.4, 0.5) is 0 Å². The monoisotopic (exact) mass is 515 g/mol. The topological polar surface area (TPSA) is 70.0 Å². The number of benzene rings is 3. The van der Waals surface area contributed by atoms with Crippen molar-refractivity contribution < 1.29 is 19.7 Å². The van der Waals surface area contributed by atoms with E-state index in [1.54, 1.807) is 0 Å². The second-order valence-corrected chi connectivity index (χ2v) is 10.6. The third-order valence-corrected chi connectivity index (χ3v) is 8.42. The number of hydrogen-bond acceptors (Lipinski definition) is 5. The van der Waals surface area contributed by atoms with Crippen LogP contribution in [0, 0.1) is 19.8 Å². The molecule has 0 radical (unpaired) electrons. The average molecular weight is 516 g/mol. The molecule has 38 heavy (non-hydrogen) atoms. The number of likely N-dealkylation sites (tertiary alicyclic amines) is 1. The van der Waals surface area contributed by atoms with Gasteiger partial charge in [0, 0.05) is 0 Å². The van der Waals surface area contributed by atoms with Gasteiger partial charge < -0.3 is 19.8 Å². The lowest BCUT2D eigenvalue weighted by Crippen LogP contribution is -2.44. The van der Waals surface area contributed by atoms with Crippen LogP contribution in [0.1, 0.15) is 65.2 Å². The van der Waals surface area contributed by atoms with E-state index in [1.165, 1.54) is 7.11 Å². The van der Waals surface area contributed by atoms with Crippen LogP contribution in [-0.4, -0.2) is 47.8 Å². The van der Waals surface area contributed by atoms with Crippen LogP contribution in [-0.2, 0) is 21.6 Å². The van der Waals surface area contributed by atoms with E-state index in [0.29, 0.717) is 6.42 Å². The molecule has 0 amide bonds. The van der Waals surface area contributed by atoms with E-state index < -0.39 is 11.7 Å². The van der Waals surface area contributed by atoms with E-state index in [2.05, 4.69) is 4.90 Å². The van der Waals surface area contributed by atoms with E-state index in [0.717, 1.165) is 72.3 Å². The van der Waals surface area contributed by atoms with Crippen molar-refractivity contribution in [2.24, 2.45) is 5.92 Å². The maximum Gasteiger partial charge on any atom is 0.309 e. The van der Waals surface area contributed by atoms with Crippen LogP contribution in [0.2, 0.25) is 0 Å². The van der Waals surface area contributed by atoms with Gasteiger partial charge in [0.1, 0.15) is 5.60 Å². The standard InChI is InChI=1S/C33H41NO4/c1-24-25(2)30(17-16-26(24)23-32(36)38-3)31(35)15-10-20-34-21-18-29(19-22-34)33(37,27-11-6-4-7-12-27)28-13-8-5-9-14-28/h4-9,11-14,16-17,29,31,35,37H,10,15,18-23H2,1-3H3. The number of esters is 1. The zero-order valence-electron chi connectivity index (χ0n) is 22.9. The predicted molar refractivity (Wildman–Crippen MR) is 151 cm³/mol. The second kappa shape index (κ2) is 12.7. The molecule has 3 aromatic carbocycles. The molecule has 1 unspecified atom stereocenters. The highest BCUT2D eigenvalue weighted by Gasteiger charge is 2.41. The highest BCUT2D eigenvalue weighted by atomic mass is 16.5. The van der Waals surface area contributed by atoms with Gasteiger partial charge in [0.15, 0.2) is 0 Å². The number of nitrogens with zero attached hydrogens (tertiary/aromatic N) is 1. The lowest BCUT2D eigenvalue weighted by Gasteiger charge is -2.42. The first-order chi connectivity index (χ1) is 18.3. The van der Waals surface area contributed by atoms with E-state index in [9.17, 15) is 15.0 Å². The van der Waals surface area contributed by atoms with Crippen LogP contribution < -0.4 is 0 Å². The summed E-state index contributed by atoms with van der Waals surface area (Å²) in [5, 5.41) is 23.0. The Morgan fingerprint density at radius 1 is 0.947 bits per heavy atom. The lowest BCUT2D eigenvalue weighted by molar-refractivity contribution is -0.139. The molecule has 1 aliphatic heterocycles. The van der Waals surface area contributed by atoms with Gasteiger partial charge in [-0.2, -0.15) is 0 Å². The molecule has 5 nitrogen and oxygen atoms in total. The van der Waals surface area contributed by atoms with Crippen LogP contribution in [0.15, 0.2) is 72.8 Å². The van der Waals surface area contributed by atoms with Gasteiger partial charge in [-0.05, 0) is 98.5 Å². The van der Waals surface area contributed by atoms with Gasteiger partial charge in [0.05, 0.1) is 19.6 Å². The number of carbonyl (C=O) groups is 1. The zero-order chi connectivity index (χ0) is 27.1. The molecular formula is C33H41NO4. The predicted octanol–water partition coefficient (Wildman–Crippen LogP) is 5.48. The summed E-state index contributed by atoms with van der Waals surface area (Å²) in [4.78, 5) is 14.1. The Morgan fingerprint density at radius 3 is 2.08 bits per heavy atom. The Kier molecular flexibility index (Phi) is 9.37. The summed E-state index contributed by atoms with van der Waals surface area (Å²) in [6.45, 7) is 6.81. The second-order valence-electron chi connectivity index (χ2n) is 10.6. The van der Waals surface area contributed by atoms with Gasteiger partial charge in [-0.25, -0.2) is 0 Å². The summed E-state index contributed by atoms with van der Waals surface area (Å²) in [6, 6.07) is 24.0. The molecule has 4 rings (SSSR count). The maximum atomic E-state index is 12.1. The van der Waals surface area contributed by atoms with Crippen molar-refractivity contribution in [3.8, 4) is 0 Å². The Bertz CT molecular complexity index is 1150. The lowest BCUT2D eigenvalue weighted by atomic mass is 9.72. The summed E-state index contributed by atoms with van der Waals surface area (Å²) < 4.78 is 4.80. The first-order valence-electron chi connectivity index (χ1n) is 13.7. The van der Waals surface area contributed by atoms with E-state index in [4.69, 9.17) is 4.74 Å². The number of ether oxygens (including phenoxy) is 1. The normalized spacial score (nSPS) is 15.8. The van der Waals surface area contributed by atoms with Crippen molar-refractivity contribution in [1.82, 2.24) is 4.90 Å². The summed E-state index contributed by atoms with van der Waals surface area (Å²) in [6.07, 6.45) is 3.15. The summed E-state index contributed by atoms with van der Waals surface area (Å²) in [5.74, 6) is -0.112. The summed E-state index contributed by atoms with van der Waals surface area (Å²) >= 11 is 0. The number of aliphatic hydroxyl groups excluding tert-OH is 1. The number of aliphatic hydroxyl groups is 2. The smallest absolute Gasteiger partial charge is 0.309 e. The average Bonchev–Trinajstić information content (AvgIpc) is 2.96. The molecule has 2 N–H and O–H groups in total. The minimum Gasteiger partial charge on any atom is -0.469 e. The van der Waals surface area contributed by atoms with E-state index in [-0.39, 0.29) is 18.3 Å². The van der Waals surface area contributed by atoms with Crippen LogP contribution >= 0.6 is 0 Å². The van der Waals surface area contributed by atoms with Crippen LogP contribution in [0.5, 0.6) is 0 Å². The summed E-state index contributed by atoms with van der Waals surface area (Å²) in [7, 11) is 1.40. The minimum absolute atomic E-state index is 0.142. The molecule has 1 fully saturated rings. The van der Waals surface area contributed by atoms with Gasteiger partial charge in [0.25, 0.3) is 0 Å². The van der Waals surface area contributed by atoms with E-state index >= 15 is 0 Å². The molecule has 0 saturated carbocycles. The van der Waals surface area contributed by atoms with Gasteiger partial charge in [-0.15, -0.1) is 0 Å². The molecule has 0 bridgehead atoms. The third-order valence-electron chi connectivity index (χ3n) is 8.42. The number of rotatable bonds is 10. The Morgan fingerprint density at radius 2 is 1.53 bits per heavy atom. The largest absolute Gasteiger partial charge is 0.469 e. The molecule has 1 aliphatic rings. The number of piperidine rings is 1. The third kappa shape index (κ3) is 6.17. The van der Waals surface area contributed by atoms with Crippen molar-refractivity contribution in [1.29, 1.82) is 0 Å². The van der Waals surface area contributed by atoms with E-state index in [1.807, 2.05) is 86.6 Å². The van der Waals surface area contributed by atoms with Crippen LogP contribution in [0.3, 0.4) is 0 Å². The molecule has 0 spiro atoms. The Balaban J connectivity index is 1.33. The molecule has 0 aromatic heterocycles.